The van der Waals surface area contributed by atoms with Crippen molar-refractivity contribution in [1.82, 2.24) is 0 Å². The predicted molar refractivity (Wildman–Crippen MR) is 50.4 cm³/mol. The van der Waals surface area contributed by atoms with E-state index >= 15 is 0 Å². The van der Waals surface area contributed by atoms with Gasteiger partial charge >= 0.3 is 0 Å². The van der Waals surface area contributed by atoms with Crippen LogP contribution in [0.15, 0.2) is 24.3 Å². The first-order chi connectivity index (χ1) is 7.16. The number of carbonyl (C=O) groups excluding carboxylic acids is 1. The van der Waals surface area contributed by atoms with Gasteiger partial charge in [0.05, 0.1) is 5.56 Å². The molecule has 1 aliphatic heterocycles. The molecule has 0 amide bonds. The molecule has 15 heavy (non-hydrogen) atoms. The SMILES string of the molecule is O=C1CC(CC(F)F)Oc2ccccc21. The summed E-state index contributed by atoms with van der Waals surface area (Å²) in [5.74, 6) is 0.293. The second-order valence-corrected chi connectivity index (χ2v) is 3.49. The molecule has 2 nitrogen and oxygen atoms in total. The van der Waals surface area contributed by atoms with Gasteiger partial charge in [-0.05, 0) is 12.1 Å². The summed E-state index contributed by atoms with van der Waals surface area (Å²) in [6, 6.07) is 6.73. The van der Waals surface area contributed by atoms with E-state index in [1.54, 1.807) is 24.3 Å². The van der Waals surface area contributed by atoms with E-state index in [1.807, 2.05) is 0 Å². The fourth-order valence-corrected chi connectivity index (χ4v) is 1.67. The molecular weight excluding hydrogens is 202 g/mol. The number of Topliss-reactive ketones (excluding diaryl/α,β-unsaturated/α-hetero) is 1. The first kappa shape index (κ1) is 10.1. The number of hydrogen-bond acceptors (Lipinski definition) is 2. The lowest BCUT2D eigenvalue weighted by Gasteiger charge is -2.24. The molecular formula is C11H10F2O2. The van der Waals surface area contributed by atoms with E-state index in [-0.39, 0.29) is 18.6 Å². The van der Waals surface area contributed by atoms with Gasteiger partial charge in [-0.3, -0.25) is 4.79 Å². The standard InChI is InChI=1S/C11H10F2O2/c12-11(13)6-7-5-9(14)8-3-1-2-4-10(8)15-7/h1-4,7,11H,5-6H2. The number of hydrogen-bond donors (Lipinski definition) is 0. The lowest BCUT2D eigenvalue weighted by Crippen LogP contribution is -2.28. The van der Waals surface area contributed by atoms with Crippen molar-refractivity contribution in [3.8, 4) is 5.75 Å². The molecule has 0 bridgehead atoms. The molecule has 1 aliphatic rings. The fourth-order valence-electron chi connectivity index (χ4n) is 1.67. The number of ketones is 1. The number of para-hydroxylation sites is 1. The first-order valence-electron chi connectivity index (χ1n) is 4.74. The minimum atomic E-state index is -2.44. The van der Waals surface area contributed by atoms with E-state index < -0.39 is 12.5 Å². The molecule has 1 heterocycles. The number of rotatable bonds is 2. The molecule has 1 atom stereocenters. The van der Waals surface area contributed by atoms with E-state index in [2.05, 4.69) is 0 Å². The summed E-state index contributed by atoms with van der Waals surface area (Å²) in [7, 11) is 0. The largest absolute Gasteiger partial charge is 0.489 e. The van der Waals surface area contributed by atoms with Crippen molar-refractivity contribution < 1.29 is 18.3 Å². The fraction of sp³-hybridized carbons (Fsp3) is 0.364. The van der Waals surface area contributed by atoms with Crippen LogP contribution in [0.3, 0.4) is 0 Å². The van der Waals surface area contributed by atoms with Crippen LogP contribution < -0.4 is 4.74 Å². The van der Waals surface area contributed by atoms with E-state index in [9.17, 15) is 13.6 Å². The van der Waals surface area contributed by atoms with Gasteiger partial charge in [-0.1, -0.05) is 12.1 Å². The molecule has 0 aliphatic carbocycles. The van der Waals surface area contributed by atoms with Crippen molar-refractivity contribution in [2.75, 3.05) is 0 Å². The maximum absolute atomic E-state index is 12.1. The summed E-state index contributed by atoms with van der Waals surface area (Å²) < 4.78 is 29.6. The van der Waals surface area contributed by atoms with Gasteiger partial charge in [0.25, 0.3) is 0 Å². The predicted octanol–water partition coefficient (Wildman–Crippen LogP) is 2.68. The maximum atomic E-state index is 12.1. The molecule has 1 aromatic rings. The minimum Gasteiger partial charge on any atom is -0.489 e. The average Bonchev–Trinajstić information content (AvgIpc) is 2.16. The number of benzene rings is 1. The number of fused-ring (bicyclic) bond motifs is 1. The molecule has 1 unspecified atom stereocenters. The van der Waals surface area contributed by atoms with Crippen LogP contribution in [-0.4, -0.2) is 18.3 Å². The lowest BCUT2D eigenvalue weighted by molar-refractivity contribution is 0.0564. The Morgan fingerprint density at radius 1 is 1.40 bits per heavy atom. The highest BCUT2D eigenvalue weighted by molar-refractivity contribution is 5.99. The third-order valence-electron chi connectivity index (χ3n) is 2.34. The van der Waals surface area contributed by atoms with Crippen LogP contribution in [-0.2, 0) is 0 Å². The molecule has 0 radical (unpaired) electrons. The Hall–Kier alpha value is -1.45. The van der Waals surface area contributed by atoms with Gasteiger partial charge in [-0.15, -0.1) is 0 Å². The summed E-state index contributed by atoms with van der Waals surface area (Å²) in [5, 5.41) is 0. The van der Waals surface area contributed by atoms with Gasteiger partial charge in [0.2, 0.25) is 6.43 Å². The minimum absolute atomic E-state index is 0.0430. The van der Waals surface area contributed by atoms with Gasteiger partial charge in [-0.2, -0.15) is 0 Å². The van der Waals surface area contributed by atoms with E-state index in [0.717, 1.165) is 0 Å². The van der Waals surface area contributed by atoms with Crippen molar-refractivity contribution >= 4 is 5.78 Å². The zero-order valence-electron chi connectivity index (χ0n) is 7.95. The Balaban J connectivity index is 2.19. The van der Waals surface area contributed by atoms with Gasteiger partial charge in [0, 0.05) is 12.8 Å². The highest BCUT2D eigenvalue weighted by atomic mass is 19.3. The number of halogens is 2. The molecule has 1 aromatic carbocycles. The number of ether oxygens (including phenoxy) is 1. The first-order valence-corrected chi connectivity index (χ1v) is 4.74. The van der Waals surface area contributed by atoms with Crippen molar-refractivity contribution in [3.05, 3.63) is 29.8 Å². The molecule has 0 spiro atoms. The highest BCUT2D eigenvalue weighted by Gasteiger charge is 2.27. The van der Waals surface area contributed by atoms with Gasteiger partial charge < -0.3 is 4.74 Å². The summed E-state index contributed by atoms with van der Waals surface area (Å²) in [4.78, 5) is 11.6. The zero-order valence-corrected chi connectivity index (χ0v) is 7.95. The quantitative estimate of drug-likeness (QED) is 0.753. The molecule has 0 saturated carbocycles. The molecule has 80 valence electrons. The summed E-state index contributed by atoms with van der Waals surface area (Å²) >= 11 is 0. The highest BCUT2D eigenvalue weighted by Crippen LogP contribution is 2.29. The van der Waals surface area contributed by atoms with Crippen LogP contribution in [0.2, 0.25) is 0 Å². The molecule has 4 heteroatoms. The van der Waals surface area contributed by atoms with Crippen LogP contribution in [0, 0.1) is 0 Å². The van der Waals surface area contributed by atoms with Gasteiger partial charge in [-0.25, -0.2) is 8.78 Å². The van der Waals surface area contributed by atoms with E-state index in [1.165, 1.54) is 0 Å². The zero-order chi connectivity index (χ0) is 10.8. The Morgan fingerprint density at radius 2 is 2.13 bits per heavy atom. The average molecular weight is 212 g/mol. The second kappa shape index (κ2) is 3.96. The van der Waals surface area contributed by atoms with Crippen molar-refractivity contribution in [3.63, 3.8) is 0 Å². The Bertz CT molecular complexity index is 377. The summed E-state index contributed by atoms with van der Waals surface area (Å²) in [6.45, 7) is 0. The Labute approximate surface area is 85.9 Å². The van der Waals surface area contributed by atoms with Crippen molar-refractivity contribution in [2.45, 2.75) is 25.4 Å². The number of carbonyl (C=O) groups is 1. The number of alkyl halides is 2. The maximum Gasteiger partial charge on any atom is 0.242 e. The molecule has 0 aromatic heterocycles. The smallest absolute Gasteiger partial charge is 0.242 e. The van der Waals surface area contributed by atoms with Crippen molar-refractivity contribution in [2.24, 2.45) is 0 Å². The summed E-state index contributed by atoms with van der Waals surface area (Å²) in [5.41, 5.74) is 0.489. The Kier molecular flexibility index (Phi) is 2.66. The third kappa shape index (κ3) is 2.14. The van der Waals surface area contributed by atoms with Crippen LogP contribution in [0.1, 0.15) is 23.2 Å². The van der Waals surface area contributed by atoms with Crippen LogP contribution in [0.4, 0.5) is 8.78 Å². The monoisotopic (exact) mass is 212 g/mol. The molecule has 0 N–H and O–H groups in total. The normalized spacial score (nSPS) is 19.9. The van der Waals surface area contributed by atoms with Gasteiger partial charge in [0.15, 0.2) is 5.78 Å². The second-order valence-electron chi connectivity index (χ2n) is 3.49. The van der Waals surface area contributed by atoms with E-state index in [4.69, 9.17) is 4.74 Å². The van der Waals surface area contributed by atoms with Gasteiger partial charge in [0.1, 0.15) is 11.9 Å². The lowest BCUT2D eigenvalue weighted by atomic mass is 9.99. The summed E-state index contributed by atoms with van der Waals surface area (Å²) in [6.07, 6.45) is -3.47. The molecule has 0 saturated heterocycles. The van der Waals surface area contributed by atoms with Crippen LogP contribution in [0.25, 0.3) is 0 Å². The molecule has 2 rings (SSSR count). The van der Waals surface area contributed by atoms with Crippen LogP contribution >= 0.6 is 0 Å². The molecule has 0 fully saturated rings. The van der Waals surface area contributed by atoms with E-state index in [0.29, 0.717) is 11.3 Å². The Morgan fingerprint density at radius 3 is 2.87 bits per heavy atom. The topological polar surface area (TPSA) is 26.3 Å². The third-order valence-corrected chi connectivity index (χ3v) is 2.34. The van der Waals surface area contributed by atoms with Crippen LogP contribution in [0.5, 0.6) is 5.75 Å². The van der Waals surface area contributed by atoms with Crippen molar-refractivity contribution in [1.29, 1.82) is 0 Å².